The van der Waals surface area contributed by atoms with Crippen molar-refractivity contribution in [3.63, 3.8) is 0 Å². The van der Waals surface area contributed by atoms with Gasteiger partial charge in [-0.1, -0.05) is 38.1 Å². The van der Waals surface area contributed by atoms with Gasteiger partial charge in [0.1, 0.15) is 0 Å². The minimum absolute atomic E-state index is 0.0725. The summed E-state index contributed by atoms with van der Waals surface area (Å²) in [6.07, 6.45) is 2.89. The average molecular weight is 357 g/mol. The number of halogens is 2. The fourth-order valence-corrected chi connectivity index (χ4v) is 4.30. The lowest BCUT2D eigenvalue weighted by Crippen LogP contribution is -2.36. The van der Waals surface area contributed by atoms with E-state index in [1.165, 1.54) is 11.6 Å². The molecule has 26 heavy (non-hydrogen) atoms. The molecule has 4 atom stereocenters. The van der Waals surface area contributed by atoms with Crippen LogP contribution in [0, 0.1) is 17.6 Å². The third-order valence-electron chi connectivity index (χ3n) is 5.99. The Balaban J connectivity index is 1.78. The Morgan fingerprint density at radius 3 is 2.85 bits per heavy atom. The molecular weight excluding hydrogens is 332 g/mol. The van der Waals surface area contributed by atoms with E-state index in [-0.39, 0.29) is 18.1 Å². The van der Waals surface area contributed by atoms with Crippen LogP contribution in [0.2, 0.25) is 0 Å². The molecular formula is C22H25F2NO. The Labute approximate surface area is 153 Å². The summed E-state index contributed by atoms with van der Waals surface area (Å²) >= 11 is 0. The van der Waals surface area contributed by atoms with Gasteiger partial charge in [-0.05, 0) is 42.9 Å². The van der Waals surface area contributed by atoms with Gasteiger partial charge in [0.05, 0.1) is 12.1 Å². The monoisotopic (exact) mass is 357 g/mol. The summed E-state index contributed by atoms with van der Waals surface area (Å²) in [5, 5.41) is 3.48. The molecule has 0 radical (unpaired) electrons. The summed E-state index contributed by atoms with van der Waals surface area (Å²) < 4.78 is 34.4. The highest BCUT2D eigenvalue weighted by molar-refractivity contribution is 5.58. The van der Waals surface area contributed by atoms with Gasteiger partial charge in [-0.2, -0.15) is 0 Å². The van der Waals surface area contributed by atoms with Crippen molar-refractivity contribution in [2.75, 3.05) is 11.9 Å². The van der Waals surface area contributed by atoms with E-state index in [4.69, 9.17) is 4.74 Å². The first-order valence-corrected chi connectivity index (χ1v) is 9.56. The molecule has 2 aromatic carbocycles. The fourth-order valence-electron chi connectivity index (χ4n) is 4.30. The van der Waals surface area contributed by atoms with E-state index >= 15 is 0 Å². The van der Waals surface area contributed by atoms with Gasteiger partial charge >= 0.3 is 0 Å². The van der Waals surface area contributed by atoms with Crippen LogP contribution >= 0.6 is 0 Å². The predicted octanol–water partition coefficient (Wildman–Crippen LogP) is 6.11. The summed E-state index contributed by atoms with van der Waals surface area (Å²) in [5.41, 5.74) is 3.81. The second-order valence-electron chi connectivity index (χ2n) is 7.52. The van der Waals surface area contributed by atoms with Gasteiger partial charge in [-0.3, -0.25) is 0 Å². The number of hydrogen-bond donors (Lipinski definition) is 1. The fraction of sp³-hybridized carbons (Fsp3) is 0.455. The molecule has 0 spiro atoms. The smallest absolute Gasteiger partial charge is 0.164 e. The lowest BCUT2D eigenvalue weighted by atomic mass is 9.76. The van der Waals surface area contributed by atoms with Gasteiger partial charge in [0.15, 0.2) is 11.6 Å². The van der Waals surface area contributed by atoms with Crippen molar-refractivity contribution in [1.82, 2.24) is 0 Å². The van der Waals surface area contributed by atoms with Crippen molar-refractivity contribution in [3.8, 4) is 0 Å². The van der Waals surface area contributed by atoms with Gasteiger partial charge in [-0.15, -0.1) is 0 Å². The van der Waals surface area contributed by atoms with E-state index in [9.17, 15) is 8.78 Å². The summed E-state index contributed by atoms with van der Waals surface area (Å²) in [5.74, 6) is -0.968. The molecule has 2 heterocycles. The molecule has 2 aliphatic rings. The Kier molecular flexibility index (Phi) is 4.70. The molecule has 138 valence electrons. The molecule has 1 saturated heterocycles. The summed E-state index contributed by atoms with van der Waals surface area (Å²) in [6.45, 7) is 5.12. The van der Waals surface area contributed by atoms with Gasteiger partial charge < -0.3 is 10.1 Å². The number of fused-ring (bicyclic) bond motifs is 3. The van der Waals surface area contributed by atoms with Crippen LogP contribution in [0.1, 0.15) is 67.9 Å². The zero-order chi connectivity index (χ0) is 18.3. The second kappa shape index (κ2) is 6.99. The molecule has 2 nitrogen and oxygen atoms in total. The maximum absolute atomic E-state index is 14.5. The predicted molar refractivity (Wildman–Crippen MR) is 99.3 cm³/mol. The van der Waals surface area contributed by atoms with Crippen LogP contribution in [0.25, 0.3) is 0 Å². The quantitative estimate of drug-likeness (QED) is 0.715. The Morgan fingerprint density at radius 1 is 1.19 bits per heavy atom. The van der Waals surface area contributed by atoms with Crippen molar-refractivity contribution in [3.05, 3.63) is 64.7 Å². The minimum Gasteiger partial charge on any atom is -0.377 e. The summed E-state index contributed by atoms with van der Waals surface area (Å²) in [7, 11) is 0. The van der Waals surface area contributed by atoms with E-state index in [0.717, 1.165) is 30.5 Å². The van der Waals surface area contributed by atoms with Crippen LogP contribution in [0.3, 0.4) is 0 Å². The van der Waals surface area contributed by atoms with E-state index in [2.05, 4.69) is 37.4 Å². The maximum Gasteiger partial charge on any atom is 0.164 e. The van der Waals surface area contributed by atoms with E-state index < -0.39 is 11.6 Å². The van der Waals surface area contributed by atoms with Crippen molar-refractivity contribution in [2.45, 2.75) is 51.2 Å². The molecule has 0 amide bonds. The highest BCUT2D eigenvalue weighted by atomic mass is 19.2. The first-order valence-electron chi connectivity index (χ1n) is 9.56. The Bertz CT molecular complexity index is 807. The number of hydrogen-bond acceptors (Lipinski definition) is 2. The van der Waals surface area contributed by atoms with Crippen LogP contribution in [0.4, 0.5) is 14.5 Å². The highest BCUT2D eigenvalue weighted by Crippen LogP contribution is 2.50. The van der Waals surface area contributed by atoms with Crippen LogP contribution < -0.4 is 5.32 Å². The highest BCUT2D eigenvalue weighted by Gasteiger charge is 2.41. The average Bonchev–Trinajstić information content (AvgIpc) is 2.68. The number of benzene rings is 2. The molecule has 0 saturated carbocycles. The zero-order valence-electron chi connectivity index (χ0n) is 15.3. The second-order valence-corrected chi connectivity index (χ2v) is 7.52. The molecule has 1 fully saturated rings. The molecule has 2 aliphatic heterocycles. The normalized spacial score (nSPS) is 25.8. The zero-order valence-corrected chi connectivity index (χ0v) is 15.3. The number of ether oxygens (including phenoxy) is 1. The molecule has 4 rings (SSSR count). The summed E-state index contributed by atoms with van der Waals surface area (Å²) in [4.78, 5) is 0. The lowest BCUT2D eigenvalue weighted by molar-refractivity contribution is -0.0385. The molecule has 4 unspecified atom stereocenters. The van der Waals surface area contributed by atoms with E-state index in [1.54, 1.807) is 12.1 Å². The largest absolute Gasteiger partial charge is 0.377 e. The molecule has 0 aromatic heterocycles. The van der Waals surface area contributed by atoms with Crippen molar-refractivity contribution in [2.24, 2.45) is 5.92 Å². The minimum atomic E-state index is -0.796. The molecule has 0 aliphatic carbocycles. The molecule has 2 aromatic rings. The Morgan fingerprint density at radius 2 is 2.04 bits per heavy atom. The van der Waals surface area contributed by atoms with Crippen molar-refractivity contribution < 1.29 is 13.5 Å². The van der Waals surface area contributed by atoms with Crippen molar-refractivity contribution in [1.29, 1.82) is 0 Å². The van der Waals surface area contributed by atoms with Crippen LogP contribution in [0.5, 0.6) is 0 Å². The third kappa shape index (κ3) is 2.90. The molecule has 0 bridgehead atoms. The van der Waals surface area contributed by atoms with Crippen molar-refractivity contribution >= 4 is 5.69 Å². The number of nitrogens with one attached hydrogen (secondary N) is 1. The van der Waals surface area contributed by atoms with Gasteiger partial charge in [0, 0.05) is 29.3 Å². The number of rotatable bonds is 3. The maximum atomic E-state index is 14.5. The lowest BCUT2D eigenvalue weighted by Gasteiger charge is -2.43. The van der Waals surface area contributed by atoms with Crippen LogP contribution in [0.15, 0.2) is 36.4 Å². The SMILES string of the molecule is CCC(C)c1ccc2c(c1)C1OCCCC1C(c1cccc(F)c1F)N2. The number of anilines is 1. The van der Waals surface area contributed by atoms with Gasteiger partial charge in [0.25, 0.3) is 0 Å². The van der Waals surface area contributed by atoms with E-state index in [1.807, 2.05) is 0 Å². The molecule has 1 N–H and O–H groups in total. The molecule has 4 heteroatoms. The Hall–Kier alpha value is -1.94. The van der Waals surface area contributed by atoms with Crippen LogP contribution in [-0.4, -0.2) is 6.61 Å². The van der Waals surface area contributed by atoms with Gasteiger partial charge in [0.2, 0.25) is 0 Å². The first-order chi connectivity index (χ1) is 12.6. The van der Waals surface area contributed by atoms with Crippen LogP contribution in [-0.2, 0) is 4.74 Å². The van der Waals surface area contributed by atoms with Gasteiger partial charge in [-0.25, -0.2) is 8.78 Å². The third-order valence-corrected chi connectivity index (χ3v) is 5.99. The first kappa shape index (κ1) is 17.5. The van der Waals surface area contributed by atoms with E-state index in [0.29, 0.717) is 18.1 Å². The standard InChI is InChI=1S/C22H25F2NO/c1-3-13(2)14-9-10-19-17(12-14)22-16(7-5-11-26-22)21(25-19)15-6-4-8-18(23)20(15)24/h4,6,8-10,12-13,16,21-22,25H,3,5,7,11H2,1-2H3. The topological polar surface area (TPSA) is 21.3 Å². The summed E-state index contributed by atoms with van der Waals surface area (Å²) in [6, 6.07) is 10.6.